The van der Waals surface area contributed by atoms with Gasteiger partial charge in [-0.1, -0.05) is 13.8 Å². The molecule has 1 atom stereocenters. The summed E-state index contributed by atoms with van der Waals surface area (Å²) in [6, 6.07) is 3.01. The molecule has 0 radical (unpaired) electrons. The van der Waals surface area contributed by atoms with Gasteiger partial charge >= 0.3 is 51.4 Å². The van der Waals surface area contributed by atoms with Crippen LogP contribution in [0.4, 0.5) is 8.78 Å². The van der Waals surface area contributed by atoms with Crippen molar-refractivity contribution in [3.63, 3.8) is 0 Å². The maximum Gasteiger partial charge on any atom is 1.00 e. The van der Waals surface area contributed by atoms with Crippen LogP contribution in [0, 0.1) is 17.0 Å². The summed E-state index contributed by atoms with van der Waals surface area (Å²) in [7, 11) is 0. The SMILES string of the molecule is CC1(C)CC[C@@](C)(c2cc(F)cc(F)c2)N(CC(=O)[O-])C1=O.[K+]. The average molecular weight is 349 g/mol. The second kappa shape index (κ2) is 7.27. The van der Waals surface area contributed by atoms with Crippen molar-refractivity contribution in [1.29, 1.82) is 0 Å². The van der Waals surface area contributed by atoms with Gasteiger partial charge in [-0.15, -0.1) is 0 Å². The molecule has 1 aliphatic rings. The zero-order chi connectivity index (χ0) is 16.7. The standard InChI is InChI=1S/C16H19F2NO3.K/c1-15(2)4-5-16(3,19(14(15)22)9-13(20)21)10-6-11(17)8-12(18)7-10;/h6-8H,4-5,9H2,1-3H3,(H,20,21);/q;+1/p-1/t16-;/m0./s1. The molecule has 1 aromatic rings. The van der Waals surface area contributed by atoms with Gasteiger partial charge in [-0.2, -0.15) is 0 Å². The third-order valence-electron chi connectivity index (χ3n) is 4.43. The molecule has 0 aromatic heterocycles. The number of aliphatic carboxylic acids is 1. The number of rotatable bonds is 3. The fourth-order valence-corrected chi connectivity index (χ4v) is 2.93. The molecule has 1 aliphatic heterocycles. The van der Waals surface area contributed by atoms with Crippen molar-refractivity contribution in [1.82, 2.24) is 4.90 Å². The molecule has 1 aromatic carbocycles. The predicted molar refractivity (Wildman–Crippen MR) is 73.4 cm³/mol. The van der Waals surface area contributed by atoms with Crippen LogP contribution in [-0.4, -0.2) is 23.3 Å². The van der Waals surface area contributed by atoms with Crippen molar-refractivity contribution in [3.05, 3.63) is 35.4 Å². The van der Waals surface area contributed by atoms with Crippen LogP contribution in [0.3, 0.4) is 0 Å². The van der Waals surface area contributed by atoms with E-state index in [0.717, 1.165) is 23.1 Å². The van der Waals surface area contributed by atoms with Crippen molar-refractivity contribution in [2.24, 2.45) is 5.41 Å². The summed E-state index contributed by atoms with van der Waals surface area (Å²) in [6.07, 6.45) is 0.895. The minimum absolute atomic E-state index is 0. The maximum absolute atomic E-state index is 13.5. The second-order valence-corrected chi connectivity index (χ2v) is 6.58. The Hall–Kier alpha value is -0.344. The van der Waals surface area contributed by atoms with E-state index in [-0.39, 0.29) is 62.9 Å². The summed E-state index contributed by atoms with van der Waals surface area (Å²) in [5.74, 6) is -3.30. The molecule has 0 N–H and O–H groups in total. The van der Waals surface area contributed by atoms with Gasteiger partial charge in [0.05, 0.1) is 18.1 Å². The molecule has 0 spiro atoms. The Labute approximate surface area is 176 Å². The number of amides is 1. The number of nitrogens with zero attached hydrogens (tertiary/aromatic N) is 1. The maximum atomic E-state index is 13.5. The van der Waals surface area contributed by atoms with Crippen LogP contribution in [0.15, 0.2) is 18.2 Å². The van der Waals surface area contributed by atoms with Gasteiger partial charge in [0.15, 0.2) is 0 Å². The number of carboxylic acid groups (broad SMARTS) is 1. The summed E-state index contributed by atoms with van der Waals surface area (Å²) >= 11 is 0. The molecule has 0 aliphatic carbocycles. The Balaban J connectivity index is 0.00000264. The van der Waals surface area contributed by atoms with Gasteiger partial charge in [0.25, 0.3) is 0 Å². The summed E-state index contributed by atoms with van der Waals surface area (Å²) in [4.78, 5) is 24.8. The molecule has 7 heteroatoms. The van der Waals surface area contributed by atoms with Crippen LogP contribution in [0.1, 0.15) is 39.2 Å². The Kier molecular flexibility index (Phi) is 6.54. The average Bonchev–Trinajstić information content (AvgIpc) is 2.39. The van der Waals surface area contributed by atoms with Gasteiger partial charge in [0.2, 0.25) is 5.91 Å². The van der Waals surface area contributed by atoms with Gasteiger partial charge < -0.3 is 14.8 Å². The largest absolute Gasteiger partial charge is 1.00 e. The van der Waals surface area contributed by atoms with Crippen LogP contribution in [0.5, 0.6) is 0 Å². The van der Waals surface area contributed by atoms with E-state index in [1.54, 1.807) is 20.8 Å². The van der Waals surface area contributed by atoms with Crippen LogP contribution in [-0.2, 0) is 15.1 Å². The molecule has 1 fully saturated rings. The molecular formula is C16H18F2KNO3. The first-order chi connectivity index (χ1) is 10.1. The number of carboxylic acids is 1. The number of hydrogen-bond donors (Lipinski definition) is 0. The minimum atomic E-state index is -1.41. The molecule has 1 heterocycles. The molecule has 0 saturated carbocycles. The van der Waals surface area contributed by atoms with Crippen molar-refractivity contribution in [3.8, 4) is 0 Å². The van der Waals surface area contributed by atoms with Gasteiger partial charge in [0.1, 0.15) is 11.6 Å². The first-order valence-electron chi connectivity index (χ1n) is 7.05. The Morgan fingerprint density at radius 2 is 1.70 bits per heavy atom. The van der Waals surface area contributed by atoms with E-state index in [2.05, 4.69) is 0 Å². The van der Waals surface area contributed by atoms with Gasteiger partial charge in [-0.3, -0.25) is 4.79 Å². The van der Waals surface area contributed by atoms with Crippen molar-refractivity contribution < 1.29 is 74.9 Å². The zero-order valence-corrected chi connectivity index (χ0v) is 16.9. The Morgan fingerprint density at radius 1 is 1.17 bits per heavy atom. The van der Waals surface area contributed by atoms with E-state index in [9.17, 15) is 23.5 Å². The molecule has 0 bridgehead atoms. The van der Waals surface area contributed by atoms with Crippen LogP contribution in [0.25, 0.3) is 0 Å². The number of halogens is 2. The van der Waals surface area contributed by atoms with Gasteiger partial charge in [-0.25, -0.2) is 8.78 Å². The van der Waals surface area contributed by atoms with Crippen molar-refractivity contribution in [2.45, 2.75) is 39.2 Å². The van der Waals surface area contributed by atoms with Gasteiger partial charge in [-0.05, 0) is 37.5 Å². The molecule has 120 valence electrons. The first-order valence-corrected chi connectivity index (χ1v) is 7.05. The molecule has 4 nitrogen and oxygen atoms in total. The quantitative estimate of drug-likeness (QED) is 0.630. The molecular weight excluding hydrogens is 331 g/mol. The van der Waals surface area contributed by atoms with Gasteiger partial charge in [0, 0.05) is 11.5 Å². The molecule has 1 saturated heterocycles. The fourth-order valence-electron chi connectivity index (χ4n) is 2.93. The number of benzene rings is 1. The van der Waals surface area contributed by atoms with E-state index in [1.165, 1.54) is 0 Å². The smallest absolute Gasteiger partial charge is 0.548 e. The number of carbonyl (C=O) groups is 2. The topological polar surface area (TPSA) is 60.4 Å². The summed E-state index contributed by atoms with van der Waals surface area (Å²) in [5, 5.41) is 11.0. The Bertz CT molecular complexity index is 616. The van der Waals surface area contributed by atoms with Crippen LogP contribution < -0.4 is 56.5 Å². The number of carbonyl (C=O) groups excluding carboxylic acids is 2. The normalized spacial score (nSPS) is 23.3. The molecule has 23 heavy (non-hydrogen) atoms. The third-order valence-corrected chi connectivity index (χ3v) is 4.43. The second-order valence-electron chi connectivity index (χ2n) is 6.58. The minimum Gasteiger partial charge on any atom is -0.548 e. The van der Waals surface area contributed by atoms with Crippen LogP contribution in [0.2, 0.25) is 0 Å². The third kappa shape index (κ3) is 4.20. The van der Waals surface area contributed by atoms with Crippen molar-refractivity contribution >= 4 is 11.9 Å². The van der Waals surface area contributed by atoms with E-state index in [4.69, 9.17) is 0 Å². The number of hydrogen-bond acceptors (Lipinski definition) is 3. The molecule has 0 unspecified atom stereocenters. The predicted octanol–water partition coefficient (Wildman–Crippen LogP) is -1.42. The Morgan fingerprint density at radius 3 is 2.17 bits per heavy atom. The molecule has 2 rings (SSSR count). The van der Waals surface area contributed by atoms with E-state index < -0.39 is 35.1 Å². The number of likely N-dealkylation sites (tertiary alicyclic amines) is 1. The summed E-state index contributed by atoms with van der Waals surface area (Å²) < 4.78 is 27.0. The number of piperidine rings is 1. The fraction of sp³-hybridized carbons (Fsp3) is 0.500. The van der Waals surface area contributed by atoms with E-state index in [1.807, 2.05) is 0 Å². The zero-order valence-electron chi connectivity index (χ0n) is 13.8. The van der Waals surface area contributed by atoms with Crippen LogP contribution >= 0.6 is 0 Å². The summed E-state index contributed by atoms with van der Waals surface area (Å²) in [6.45, 7) is 4.46. The van der Waals surface area contributed by atoms with E-state index in [0.29, 0.717) is 12.8 Å². The summed E-state index contributed by atoms with van der Waals surface area (Å²) in [5.41, 5.74) is -1.56. The first kappa shape index (κ1) is 20.7. The molecule has 1 amide bonds. The monoisotopic (exact) mass is 349 g/mol. The van der Waals surface area contributed by atoms with E-state index >= 15 is 0 Å². The van der Waals surface area contributed by atoms with Crippen molar-refractivity contribution in [2.75, 3.05) is 6.54 Å².